The molecule has 0 radical (unpaired) electrons. The monoisotopic (exact) mass is 302 g/mol. The number of nitrogens with one attached hydrogen (secondary N) is 2. The van der Waals surface area contributed by atoms with Crippen LogP contribution >= 0.6 is 0 Å². The van der Waals surface area contributed by atoms with Crippen molar-refractivity contribution in [3.8, 4) is 5.88 Å². The molecule has 1 fully saturated rings. The second-order valence-electron chi connectivity index (χ2n) is 5.39. The van der Waals surface area contributed by atoms with E-state index >= 15 is 0 Å². The third-order valence-electron chi connectivity index (χ3n) is 3.57. The van der Waals surface area contributed by atoms with Crippen molar-refractivity contribution < 1.29 is 4.74 Å². The molecule has 1 saturated carbocycles. The van der Waals surface area contributed by atoms with Crippen LogP contribution in [0.3, 0.4) is 0 Å². The fourth-order valence-electron chi connectivity index (χ4n) is 2.43. The highest BCUT2D eigenvalue weighted by Gasteiger charge is 2.16. The van der Waals surface area contributed by atoms with Gasteiger partial charge in [0.1, 0.15) is 6.10 Å². The predicted molar refractivity (Wildman–Crippen MR) is 90.1 cm³/mol. The van der Waals surface area contributed by atoms with Gasteiger partial charge in [-0.3, -0.25) is 0 Å². The Hall–Kier alpha value is -2.04. The summed E-state index contributed by atoms with van der Waals surface area (Å²) in [5, 5.41) is 6.37. The molecular formula is C17H26N4O. The third kappa shape index (κ3) is 5.39. The molecule has 0 amide bonds. The first-order valence-corrected chi connectivity index (χ1v) is 8.06. The number of ether oxygens (including phenoxy) is 1. The van der Waals surface area contributed by atoms with Crippen LogP contribution in [0.4, 0.5) is 0 Å². The number of hydrogen-bond acceptors (Lipinski definition) is 3. The molecule has 0 bridgehead atoms. The van der Waals surface area contributed by atoms with Crippen LogP contribution in [0, 0.1) is 0 Å². The highest BCUT2D eigenvalue weighted by molar-refractivity contribution is 5.79. The average molecular weight is 302 g/mol. The van der Waals surface area contributed by atoms with Gasteiger partial charge >= 0.3 is 0 Å². The van der Waals surface area contributed by atoms with Crippen molar-refractivity contribution in [1.82, 2.24) is 15.6 Å². The minimum absolute atomic E-state index is 0.347. The number of aromatic nitrogens is 1. The van der Waals surface area contributed by atoms with Crippen molar-refractivity contribution in [3.63, 3.8) is 0 Å². The Morgan fingerprint density at radius 3 is 2.86 bits per heavy atom. The second-order valence-corrected chi connectivity index (χ2v) is 5.39. The number of nitrogens with zero attached hydrogens (tertiary/aromatic N) is 2. The van der Waals surface area contributed by atoms with Gasteiger partial charge in [0, 0.05) is 25.4 Å². The molecule has 22 heavy (non-hydrogen) atoms. The Labute approximate surface area is 132 Å². The Morgan fingerprint density at radius 1 is 1.41 bits per heavy atom. The van der Waals surface area contributed by atoms with Crippen molar-refractivity contribution in [3.05, 3.63) is 36.5 Å². The van der Waals surface area contributed by atoms with Gasteiger partial charge in [0.15, 0.2) is 5.96 Å². The lowest BCUT2D eigenvalue weighted by Crippen LogP contribution is -2.37. The maximum Gasteiger partial charge on any atom is 0.213 e. The SMILES string of the molecule is C=CCNC(=NCc1ccc(OC2CCCC2)nc1)NCC. The van der Waals surface area contributed by atoms with Crippen LogP contribution in [0.1, 0.15) is 38.2 Å². The molecule has 1 aliphatic rings. The van der Waals surface area contributed by atoms with Gasteiger partial charge < -0.3 is 15.4 Å². The third-order valence-corrected chi connectivity index (χ3v) is 3.57. The minimum Gasteiger partial charge on any atom is -0.474 e. The Bertz CT molecular complexity index is 478. The van der Waals surface area contributed by atoms with Gasteiger partial charge in [-0.25, -0.2) is 9.98 Å². The summed E-state index contributed by atoms with van der Waals surface area (Å²) in [5.74, 6) is 1.50. The molecule has 1 aromatic heterocycles. The van der Waals surface area contributed by atoms with E-state index in [4.69, 9.17) is 4.74 Å². The smallest absolute Gasteiger partial charge is 0.213 e. The fourth-order valence-corrected chi connectivity index (χ4v) is 2.43. The number of aliphatic imine (C=N–C) groups is 1. The summed E-state index contributed by atoms with van der Waals surface area (Å²) < 4.78 is 5.86. The fraction of sp³-hybridized carbons (Fsp3) is 0.529. The number of hydrogen-bond donors (Lipinski definition) is 2. The van der Waals surface area contributed by atoms with E-state index in [0.29, 0.717) is 19.2 Å². The summed E-state index contributed by atoms with van der Waals surface area (Å²) in [5.41, 5.74) is 1.06. The summed E-state index contributed by atoms with van der Waals surface area (Å²) >= 11 is 0. The molecule has 0 aliphatic heterocycles. The van der Waals surface area contributed by atoms with Crippen molar-refractivity contribution in [2.45, 2.75) is 45.3 Å². The zero-order valence-electron chi connectivity index (χ0n) is 13.3. The molecule has 0 spiro atoms. The van der Waals surface area contributed by atoms with Crippen LogP contribution in [0.2, 0.25) is 0 Å². The molecular weight excluding hydrogens is 276 g/mol. The molecule has 120 valence electrons. The lowest BCUT2D eigenvalue weighted by Gasteiger charge is -2.12. The first kappa shape index (κ1) is 16.3. The molecule has 5 nitrogen and oxygen atoms in total. The molecule has 2 rings (SSSR count). The Morgan fingerprint density at radius 2 is 2.23 bits per heavy atom. The lowest BCUT2D eigenvalue weighted by atomic mass is 10.3. The van der Waals surface area contributed by atoms with Crippen molar-refractivity contribution in [2.75, 3.05) is 13.1 Å². The molecule has 1 aromatic rings. The van der Waals surface area contributed by atoms with Crippen molar-refractivity contribution in [2.24, 2.45) is 4.99 Å². The predicted octanol–water partition coefficient (Wildman–Crippen LogP) is 2.64. The summed E-state index contributed by atoms with van der Waals surface area (Å²) in [6, 6.07) is 3.96. The zero-order chi connectivity index (χ0) is 15.6. The molecule has 1 heterocycles. The molecule has 0 aromatic carbocycles. The summed E-state index contributed by atoms with van der Waals surface area (Å²) in [6.07, 6.45) is 8.82. The van der Waals surface area contributed by atoms with Crippen molar-refractivity contribution >= 4 is 5.96 Å². The van der Waals surface area contributed by atoms with Gasteiger partial charge in [-0.2, -0.15) is 0 Å². The molecule has 0 atom stereocenters. The maximum atomic E-state index is 5.86. The van der Waals surface area contributed by atoms with Gasteiger partial charge in [0.25, 0.3) is 0 Å². The standard InChI is InChI=1S/C17H26N4O/c1-3-11-19-17(18-4-2)21-13-14-9-10-16(20-12-14)22-15-7-5-6-8-15/h3,9-10,12,15H,1,4-8,11,13H2,2H3,(H2,18,19,21). The van der Waals surface area contributed by atoms with Gasteiger partial charge in [-0.1, -0.05) is 12.1 Å². The molecule has 0 unspecified atom stereocenters. The van der Waals surface area contributed by atoms with E-state index < -0.39 is 0 Å². The first-order chi connectivity index (χ1) is 10.8. The van der Waals surface area contributed by atoms with Gasteiger partial charge in [0.05, 0.1) is 6.54 Å². The largest absolute Gasteiger partial charge is 0.474 e. The summed E-state index contributed by atoms with van der Waals surface area (Å²) in [6.45, 7) is 7.84. The van der Waals surface area contributed by atoms with E-state index in [-0.39, 0.29) is 0 Å². The van der Waals surface area contributed by atoms with E-state index in [1.807, 2.05) is 31.3 Å². The van der Waals surface area contributed by atoms with E-state index in [1.54, 1.807) is 0 Å². The zero-order valence-corrected chi connectivity index (χ0v) is 13.3. The number of guanidine groups is 1. The van der Waals surface area contributed by atoms with Crippen LogP contribution in [-0.2, 0) is 6.54 Å². The Kier molecular flexibility index (Phi) is 6.74. The van der Waals surface area contributed by atoms with Crippen LogP contribution in [0.25, 0.3) is 0 Å². The number of rotatable bonds is 7. The topological polar surface area (TPSA) is 58.5 Å². The maximum absolute atomic E-state index is 5.86. The second kappa shape index (κ2) is 9.07. The summed E-state index contributed by atoms with van der Waals surface area (Å²) in [7, 11) is 0. The quantitative estimate of drug-likeness (QED) is 0.462. The highest BCUT2D eigenvalue weighted by atomic mass is 16.5. The van der Waals surface area contributed by atoms with Crippen LogP contribution in [0.5, 0.6) is 5.88 Å². The first-order valence-electron chi connectivity index (χ1n) is 8.06. The summed E-state index contributed by atoms with van der Waals surface area (Å²) in [4.78, 5) is 8.90. The van der Waals surface area contributed by atoms with Crippen molar-refractivity contribution in [1.29, 1.82) is 0 Å². The van der Waals surface area contributed by atoms with Crippen LogP contribution < -0.4 is 15.4 Å². The van der Waals surface area contributed by atoms with E-state index in [0.717, 1.165) is 36.8 Å². The van der Waals surface area contributed by atoms with E-state index in [2.05, 4.69) is 27.2 Å². The molecule has 1 aliphatic carbocycles. The normalized spacial score (nSPS) is 15.6. The van der Waals surface area contributed by atoms with Gasteiger partial charge in [-0.15, -0.1) is 6.58 Å². The van der Waals surface area contributed by atoms with Crippen LogP contribution in [0.15, 0.2) is 36.0 Å². The minimum atomic E-state index is 0.347. The van der Waals surface area contributed by atoms with E-state index in [9.17, 15) is 0 Å². The number of pyridine rings is 1. The highest BCUT2D eigenvalue weighted by Crippen LogP contribution is 2.22. The molecule has 0 saturated heterocycles. The van der Waals surface area contributed by atoms with Crippen LogP contribution in [-0.4, -0.2) is 30.1 Å². The average Bonchev–Trinajstić information content (AvgIpc) is 3.04. The Balaban J connectivity index is 1.87. The lowest BCUT2D eigenvalue weighted by molar-refractivity contribution is 0.201. The molecule has 2 N–H and O–H groups in total. The van der Waals surface area contributed by atoms with Gasteiger partial charge in [0.2, 0.25) is 5.88 Å². The van der Waals surface area contributed by atoms with Gasteiger partial charge in [-0.05, 0) is 38.2 Å². The van der Waals surface area contributed by atoms with E-state index in [1.165, 1.54) is 12.8 Å². The molecule has 5 heteroatoms.